The number of hydrogen-bond acceptors (Lipinski definition) is 2. The van der Waals surface area contributed by atoms with Crippen LogP contribution in [-0.4, -0.2) is 41.8 Å². The number of likely N-dealkylation sites (tertiary alicyclic amines) is 1. The lowest BCUT2D eigenvalue weighted by Crippen LogP contribution is -2.33. The molecule has 1 saturated heterocycles. The Morgan fingerprint density at radius 3 is 2.44 bits per heavy atom. The number of hydrogen-bond donors (Lipinski definition) is 1. The Hall–Kier alpha value is -0.750. The quantitative estimate of drug-likeness (QED) is 0.624. The maximum Gasteiger partial charge on any atom is 0.393 e. The standard InChI is InChI=1S/C11H16F3NO2.ClH/c1-2-3-4-5-15-6-8(10(16)17)9(7-15)11(12,13)14;/h2,8-9H,1,3-7H2,(H,16,17);1H/t8-,9-;/m1./s1. The van der Waals surface area contributed by atoms with Gasteiger partial charge in [-0.3, -0.25) is 4.79 Å². The van der Waals surface area contributed by atoms with E-state index < -0.39 is 24.0 Å². The van der Waals surface area contributed by atoms with Crippen LogP contribution in [0.3, 0.4) is 0 Å². The molecule has 106 valence electrons. The van der Waals surface area contributed by atoms with Crippen LogP contribution in [0.15, 0.2) is 12.7 Å². The summed E-state index contributed by atoms with van der Waals surface area (Å²) in [5.74, 6) is -4.44. The SMILES string of the molecule is C=CCCCN1C[C@@H](C(F)(F)F)[C@H](C(=O)O)C1.Cl. The Morgan fingerprint density at radius 1 is 1.44 bits per heavy atom. The van der Waals surface area contributed by atoms with Gasteiger partial charge in [0.15, 0.2) is 0 Å². The van der Waals surface area contributed by atoms with Gasteiger partial charge in [0.05, 0.1) is 11.8 Å². The molecule has 3 nitrogen and oxygen atoms in total. The van der Waals surface area contributed by atoms with Gasteiger partial charge in [-0.15, -0.1) is 19.0 Å². The van der Waals surface area contributed by atoms with Crippen molar-refractivity contribution in [3.8, 4) is 0 Å². The van der Waals surface area contributed by atoms with Crippen molar-refractivity contribution in [2.24, 2.45) is 11.8 Å². The number of alkyl halides is 3. The molecule has 1 fully saturated rings. The summed E-state index contributed by atoms with van der Waals surface area (Å²) in [6.07, 6.45) is -1.30. The minimum atomic E-state index is -4.43. The molecule has 0 bridgehead atoms. The second-order valence-electron chi connectivity index (χ2n) is 4.28. The van der Waals surface area contributed by atoms with E-state index in [0.717, 1.165) is 6.42 Å². The summed E-state index contributed by atoms with van der Waals surface area (Å²) in [6.45, 7) is 3.79. The molecule has 0 amide bonds. The maximum atomic E-state index is 12.6. The average molecular weight is 288 g/mol. The first-order chi connectivity index (χ1) is 7.86. The van der Waals surface area contributed by atoms with Gasteiger partial charge in [0.2, 0.25) is 0 Å². The molecule has 0 saturated carbocycles. The van der Waals surface area contributed by atoms with Crippen molar-refractivity contribution in [3.05, 3.63) is 12.7 Å². The molecular weight excluding hydrogens is 271 g/mol. The molecule has 1 rings (SSSR count). The Kier molecular flexibility index (Phi) is 6.70. The van der Waals surface area contributed by atoms with Gasteiger partial charge in [-0.05, 0) is 19.4 Å². The lowest BCUT2D eigenvalue weighted by Gasteiger charge is -2.18. The third-order valence-electron chi connectivity index (χ3n) is 3.02. The van der Waals surface area contributed by atoms with Crippen molar-refractivity contribution < 1.29 is 23.1 Å². The Bertz CT molecular complexity index is 297. The second kappa shape index (κ2) is 6.99. The summed E-state index contributed by atoms with van der Waals surface area (Å²) < 4.78 is 37.9. The molecule has 0 aromatic rings. The van der Waals surface area contributed by atoms with Gasteiger partial charge in [-0.1, -0.05) is 6.08 Å². The summed E-state index contributed by atoms with van der Waals surface area (Å²) in [4.78, 5) is 12.4. The molecule has 2 atom stereocenters. The fourth-order valence-corrected chi connectivity index (χ4v) is 2.11. The lowest BCUT2D eigenvalue weighted by atomic mass is 9.96. The number of nitrogens with zero attached hydrogens (tertiary/aromatic N) is 1. The van der Waals surface area contributed by atoms with Crippen molar-refractivity contribution >= 4 is 18.4 Å². The predicted molar refractivity (Wildman–Crippen MR) is 63.8 cm³/mol. The highest BCUT2D eigenvalue weighted by atomic mass is 35.5. The summed E-state index contributed by atoms with van der Waals surface area (Å²) in [5.41, 5.74) is 0. The van der Waals surface area contributed by atoms with E-state index in [2.05, 4.69) is 6.58 Å². The van der Waals surface area contributed by atoms with Crippen LogP contribution < -0.4 is 0 Å². The second-order valence-corrected chi connectivity index (χ2v) is 4.28. The molecule has 7 heteroatoms. The largest absolute Gasteiger partial charge is 0.481 e. The van der Waals surface area contributed by atoms with Crippen LogP contribution in [0, 0.1) is 11.8 Å². The Balaban J connectivity index is 0.00000289. The molecule has 0 spiro atoms. The van der Waals surface area contributed by atoms with Gasteiger partial charge in [0, 0.05) is 13.1 Å². The van der Waals surface area contributed by atoms with Crippen molar-refractivity contribution in [2.45, 2.75) is 19.0 Å². The summed E-state index contributed by atoms with van der Waals surface area (Å²) in [5, 5.41) is 8.79. The molecule has 1 heterocycles. The number of rotatable bonds is 5. The number of carbonyl (C=O) groups is 1. The van der Waals surface area contributed by atoms with Crippen LogP contribution in [0.4, 0.5) is 13.2 Å². The topological polar surface area (TPSA) is 40.5 Å². The first-order valence-corrected chi connectivity index (χ1v) is 5.49. The number of halogens is 4. The maximum absolute atomic E-state index is 12.6. The van der Waals surface area contributed by atoms with Crippen LogP contribution in [0.25, 0.3) is 0 Å². The molecule has 1 aliphatic heterocycles. The van der Waals surface area contributed by atoms with Crippen molar-refractivity contribution in [1.82, 2.24) is 4.90 Å². The fraction of sp³-hybridized carbons (Fsp3) is 0.727. The molecular formula is C11H17ClF3NO2. The van der Waals surface area contributed by atoms with E-state index in [1.165, 1.54) is 0 Å². The van der Waals surface area contributed by atoms with Crippen molar-refractivity contribution in [2.75, 3.05) is 19.6 Å². The van der Waals surface area contributed by atoms with E-state index in [9.17, 15) is 18.0 Å². The third kappa shape index (κ3) is 4.49. The van der Waals surface area contributed by atoms with Crippen LogP contribution >= 0.6 is 12.4 Å². The zero-order chi connectivity index (χ0) is 13.1. The van der Waals surface area contributed by atoms with Crippen LogP contribution in [0.5, 0.6) is 0 Å². The highest BCUT2D eigenvalue weighted by Gasteiger charge is 2.52. The van der Waals surface area contributed by atoms with Crippen LogP contribution in [0.2, 0.25) is 0 Å². The molecule has 18 heavy (non-hydrogen) atoms. The number of aliphatic carboxylic acids is 1. The van der Waals surface area contributed by atoms with E-state index in [0.29, 0.717) is 13.0 Å². The molecule has 0 radical (unpaired) electrons. The predicted octanol–water partition coefficient (Wildman–Crippen LogP) is 2.57. The summed E-state index contributed by atoms with van der Waals surface area (Å²) in [7, 11) is 0. The van der Waals surface area contributed by atoms with Gasteiger partial charge in [0.1, 0.15) is 0 Å². The smallest absolute Gasteiger partial charge is 0.393 e. The summed E-state index contributed by atoms with van der Waals surface area (Å²) in [6, 6.07) is 0. The first-order valence-electron chi connectivity index (χ1n) is 5.49. The Morgan fingerprint density at radius 2 is 2.06 bits per heavy atom. The normalized spacial score (nSPS) is 24.6. The molecule has 0 aliphatic carbocycles. The van der Waals surface area contributed by atoms with Gasteiger partial charge >= 0.3 is 12.1 Å². The van der Waals surface area contributed by atoms with Crippen LogP contribution in [-0.2, 0) is 4.79 Å². The van der Waals surface area contributed by atoms with E-state index in [1.54, 1.807) is 11.0 Å². The number of allylic oxidation sites excluding steroid dienone is 1. The van der Waals surface area contributed by atoms with E-state index in [4.69, 9.17) is 5.11 Å². The van der Waals surface area contributed by atoms with E-state index in [-0.39, 0.29) is 25.5 Å². The van der Waals surface area contributed by atoms with Crippen molar-refractivity contribution in [1.29, 1.82) is 0 Å². The van der Waals surface area contributed by atoms with Gasteiger partial charge in [0.25, 0.3) is 0 Å². The lowest BCUT2D eigenvalue weighted by molar-refractivity contribution is -0.188. The molecule has 1 N–H and O–H groups in total. The van der Waals surface area contributed by atoms with Gasteiger partial charge in [-0.2, -0.15) is 13.2 Å². The highest BCUT2D eigenvalue weighted by molar-refractivity contribution is 5.85. The van der Waals surface area contributed by atoms with Gasteiger partial charge in [-0.25, -0.2) is 0 Å². The highest BCUT2D eigenvalue weighted by Crippen LogP contribution is 2.37. The molecule has 0 aromatic carbocycles. The average Bonchev–Trinajstić information content (AvgIpc) is 2.62. The number of unbranched alkanes of at least 4 members (excludes halogenated alkanes) is 1. The minimum Gasteiger partial charge on any atom is -0.481 e. The number of carboxylic acids is 1. The third-order valence-corrected chi connectivity index (χ3v) is 3.02. The Labute approximate surface area is 110 Å². The number of carboxylic acid groups (broad SMARTS) is 1. The van der Waals surface area contributed by atoms with E-state index in [1.807, 2.05) is 0 Å². The zero-order valence-corrected chi connectivity index (χ0v) is 10.6. The zero-order valence-electron chi connectivity index (χ0n) is 9.82. The molecule has 1 aliphatic rings. The molecule has 0 aromatic heterocycles. The van der Waals surface area contributed by atoms with Crippen LogP contribution in [0.1, 0.15) is 12.8 Å². The monoisotopic (exact) mass is 287 g/mol. The first kappa shape index (κ1) is 17.2. The van der Waals surface area contributed by atoms with Gasteiger partial charge < -0.3 is 10.0 Å². The van der Waals surface area contributed by atoms with E-state index >= 15 is 0 Å². The summed E-state index contributed by atoms with van der Waals surface area (Å²) >= 11 is 0. The molecule has 0 unspecified atom stereocenters. The van der Waals surface area contributed by atoms with Crippen molar-refractivity contribution in [3.63, 3.8) is 0 Å². The fourth-order valence-electron chi connectivity index (χ4n) is 2.11. The minimum absolute atomic E-state index is 0.